The van der Waals surface area contributed by atoms with E-state index in [1.165, 1.54) is 47.4 Å². The topological polar surface area (TPSA) is 106 Å². The molecule has 0 radical (unpaired) electrons. The average Bonchev–Trinajstić information content (AvgIpc) is 3.37. The summed E-state index contributed by atoms with van der Waals surface area (Å²) in [5.41, 5.74) is 1.44. The zero-order chi connectivity index (χ0) is 23.0. The monoisotopic (exact) mass is 491 g/mol. The summed E-state index contributed by atoms with van der Waals surface area (Å²) < 4.78 is 46.8. The lowest BCUT2D eigenvalue weighted by Crippen LogP contribution is -2.16. The number of hydrogen-bond acceptors (Lipinski definition) is 9. The molecule has 2 aromatic carbocycles. The zero-order valence-electron chi connectivity index (χ0n) is 16.3. The number of benzene rings is 2. The Bertz CT molecular complexity index is 1500. The molecule has 0 aliphatic heterocycles. The van der Waals surface area contributed by atoms with Gasteiger partial charge in [-0.15, -0.1) is 23.4 Å². The van der Waals surface area contributed by atoms with Crippen LogP contribution in [0.4, 0.5) is 24.0 Å². The van der Waals surface area contributed by atoms with Crippen molar-refractivity contribution in [1.29, 1.82) is 0 Å². The minimum absolute atomic E-state index is 0.180. The Morgan fingerprint density at radius 2 is 1.91 bits per heavy atom. The molecule has 0 bridgehead atoms. The van der Waals surface area contributed by atoms with Crippen molar-refractivity contribution in [2.24, 2.45) is 0 Å². The molecule has 3 aromatic heterocycles. The number of fused-ring (bicyclic) bond motifs is 3. The first kappa shape index (κ1) is 21.3. The van der Waals surface area contributed by atoms with E-state index in [4.69, 9.17) is 4.42 Å². The number of furan rings is 1. The number of anilines is 2. The van der Waals surface area contributed by atoms with Crippen LogP contribution in [0.15, 0.2) is 62.1 Å². The zero-order valence-corrected chi connectivity index (χ0v) is 18.0. The van der Waals surface area contributed by atoms with Crippen molar-refractivity contribution in [3.63, 3.8) is 0 Å². The van der Waals surface area contributed by atoms with Gasteiger partial charge in [-0.25, -0.2) is 4.98 Å². The van der Waals surface area contributed by atoms with Crippen LogP contribution in [0.5, 0.6) is 5.75 Å². The number of aromatic nitrogens is 4. The van der Waals surface area contributed by atoms with E-state index in [0.29, 0.717) is 37.8 Å². The number of ether oxygens (including phenoxy) is 1. The fourth-order valence-corrected chi connectivity index (χ4v) is 4.67. The first-order valence-corrected chi connectivity index (χ1v) is 11.1. The van der Waals surface area contributed by atoms with Gasteiger partial charge in [0.15, 0.2) is 4.34 Å². The molecule has 0 saturated heterocycles. The number of aromatic amines is 1. The molecule has 13 heteroatoms. The molecule has 0 aliphatic carbocycles. The third kappa shape index (κ3) is 4.78. The van der Waals surface area contributed by atoms with E-state index in [1.54, 1.807) is 6.07 Å². The van der Waals surface area contributed by atoms with Crippen LogP contribution < -0.4 is 15.6 Å². The smallest absolute Gasteiger partial charge is 0.449 e. The molecule has 0 fully saturated rings. The second-order valence-corrected chi connectivity index (χ2v) is 8.85. The number of rotatable bonds is 6. The number of nitrogens with one attached hydrogen (secondary N) is 2. The van der Waals surface area contributed by atoms with Gasteiger partial charge in [0, 0.05) is 11.1 Å². The van der Waals surface area contributed by atoms with Crippen molar-refractivity contribution in [3.05, 3.63) is 64.7 Å². The van der Waals surface area contributed by atoms with Gasteiger partial charge >= 0.3 is 6.36 Å². The highest BCUT2D eigenvalue weighted by molar-refractivity contribution is 8.00. The van der Waals surface area contributed by atoms with Gasteiger partial charge in [-0.3, -0.25) is 4.79 Å². The van der Waals surface area contributed by atoms with Crippen molar-refractivity contribution in [2.45, 2.75) is 16.5 Å². The summed E-state index contributed by atoms with van der Waals surface area (Å²) in [6.07, 6.45) is -4.74. The molecule has 5 aromatic rings. The fraction of sp³-hybridized carbons (Fsp3) is 0.100. The Labute approximate surface area is 190 Å². The van der Waals surface area contributed by atoms with Crippen molar-refractivity contribution < 1.29 is 22.3 Å². The molecule has 0 atom stereocenters. The summed E-state index contributed by atoms with van der Waals surface area (Å²) in [6, 6.07) is 12.6. The molecular weight excluding hydrogens is 479 g/mol. The van der Waals surface area contributed by atoms with Gasteiger partial charge in [-0.2, -0.15) is 0 Å². The van der Waals surface area contributed by atoms with E-state index in [0.717, 1.165) is 5.39 Å². The van der Waals surface area contributed by atoms with Crippen molar-refractivity contribution >= 4 is 56.0 Å². The van der Waals surface area contributed by atoms with E-state index in [9.17, 15) is 18.0 Å². The minimum Gasteiger partial charge on any atom is -0.449 e. The normalized spacial score (nSPS) is 11.8. The number of H-pyrrole nitrogens is 1. The maximum atomic E-state index is 12.4. The van der Waals surface area contributed by atoms with Gasteiger partial charge in [0.25, 0.3) is 5.56 Å². The summed E-state index contributed by atoms with van der Waals surface area (Å²) in [6.45, 7) is 0. The minimum atomic E-state index is -4.74. The fourth-order valence-electron chi connectivity index (χ4n) is 3.03. The second kappa shape index (κ2) is 8.41. The van der Waals surface area contributed by atoms with E-state index >= 15 is 0 Å². The number of thioether (sulfide) groups is 1. The molecule has 0 aliphatic rings. The number of para-hydroxylation sites is 1. The summed E-state index contributed by atoms with van der Waals surface area (Å²) >= 11 is 2.59. The molecular formula is C20H12F3N5O3S2. The third-order valence-corrected chi connectivity index (χ3v) is 6.34. The van der Waals surface area contributed by atoms with Gasteiger partial charge < -0.3 is 19.5 Å². The van der Waals surface area contributed by atoms with Crippen LogP contribution in [0, 0.1) is 0 Å². The Balaban J connectivity index is 1.26. The van der Waals surface area contributed by atoms with Crippen LogP contribution in [0.2, 0.25) is 0 Å². The highest BCUT2D eigenvalue weighted by atomic mass is 32.2. The maximum Gasteiger partial charge on any atom is 0.573 e. The standard InChI is InChI=1S/C20H12F3N5O3S2/c21-20(22,23)31-11-7-5-10(6-8-11)24-18-27-28-19(33-18)32-9-14-25-15-12-3-1-2-4-13(12)30-16(15)17(29)26-14/h1-8H,9H2,(H,24,27)(H,25,26,29). The maximum absolute atomic E-state index is 12.4. The average molecular weight is 491 g/mol. The van der Waals surface area contributed by atoms with Gasteiger partial charge in [0.1, 0.15) is 22.7 Å². The number of halogens is 3. The Morgan fingerprint density at radius 1 is 1.12 bits per heavy atom. The van der Waals surface area contributed by atoms with Crippen LogP contribution in [-0.4, -0.2) is 26.5 Å². The van der Waals surface area contributed by atoms with Crippen LogP contribution >= 0.6 is 23.1 Å². The molecule has 0 amide bonds. The van der Waals surface area contributed by atoms with Crippen molar-refractivity contribution in [2.75, 3.05) is 5.32 Å². The summed E-state index contributed by atoms with van der Waals surface area (Å²) in [4.78, 5) is 19.6. The van der Waals surface area contributed by atoms with E-state index < -0.39 is 6.36 Å². The molecule has 8 nitrogen and oxygen atoms in total. The van der Waals surface area contributed by atoms with Gasteiger partial charge in [-0.1, -0.05) is 35.2 Å². The lowest BCUT2D eigenvalue weighted by molar-refractivity contribution is -0.274. The predicted octanol–water partition coefficient (Wildman–Crippen LogP) is 5.46. The number of nitrogens with zero attached hydrogens (tertiary/aromatic N) is 3. The van der Waals surface area contributed by atoms with Crippen molar-refractivity contribution in [3.8, 4) is 5.75 Å². The SMILES string of the molecule is O=c1[nH]c(CSc2nnc(Nc3ccc(OC(F)(F)F)cc3)s2)nc2c1oc1ccccc12. The number of alkyl halides is 3. The van der Waals surface area contributed by atoms with Gasteiger partial charge in [-0.05, 0) is 36.4 Å². The predicted molar refractivity (Wildman–Crippen MR) is 118 cm³/mol. The van der Waals surface area contributed by atoms with Gasteiger partial charge in [0.05, 0.1) is 5.75 Å². The first-order valence-electron chi connectivity index (χ1n) is 9.34. The first-order chi connectivity index (χ1) is 15.8. The Morgan fingerprint density at radius 3 is 2.70 bits per heavy atom. The third-order valence-electron chi connectivity index (χ3n) is 4.36. The molecule has 0 unspecified atom stereocenters. The molecule has 5 rings (SSSR count). The van der Waals surface area contributed by atoms with Gasteiger partial charge in [0.2, 0.25) is 10.7 Å². The van der Waals surface area contributed by atoms with Crippen LogP contribution in [0.1, 0.15) is 5.82 Å². The van der Waals surface area contributed by atoms with Crippen LogP contribution in [0.3, 0.4) is 0 Å². The van der Waals surface area contributed by atoms with Crippen LogP contribution in [-0.2, 0) is 5.75 Å². The largest absolute Gasteiger partial charge is 0.573 e. The quantitative estimate of drug-likeness (QED) is 0.302. The lowest BCUT2D eigenvalue weighted by atomic mass is 10.2. The highest BCUT2D eigenvalue weighted by Crippen LogP contribution is 2.31. The molecule has 2 N–H and O–H groups in total. The van der Waals surface area contributed by atoms with Crippen LogP contribution in [0.25, 0.3) is 22.1 Å². The van der Waals surface area contributed by atoms with E-state index in [2.05, 4.69) is 30.2 Å². The molecule has 3 heterocycles. The Kier molecular flexibility index (Phi) is 5.42. The second-order valence-electron chi connectivity index (χ2n) is 6.65. The molecule has 0 saturated carbocycles. The molecule has 33 heavy (non-hydrogen) atoms. The number of hydrogen-bond donors (Lipinski definition) is 2. The highest BCUT2D eigenvalue weighted by Gasteiger charge is 2.31. The van der Waals surface area contributed by atoms with E-state index in [1.807, 2.05) is 18.2 Å². The Hall–Kier alpha value is -3.58. The molecule has 0 spiro atoms. The summed E-state index contributed by atoms with van der Waals surface area (Å²) in [5, 5.41) is 12.3. The lowest BCUT2D eigenvalue weighted by Gasteiger charge is -2.09. The van der Waals surface area contributed by atoms with Crippen molar-refractivity contribution in [1.82, 2.24) is 20.2 Å². The summed E-state index contributed by atoms with van der Waals surface area (Å²) in [5.74, 6) is 0.502. The summed E-state index contributed by atoms with van der Waals surface area (Å²) in [7, 11) is 0. The molecule has 168 valence electrons. The van der Waals surface area contributed by atoms with E-state index in [-0.39, 0.29) is 16.9 Å².